The molecule has 9 N–H and O–H groups in total. The van der Waals surface area contributed by atoms with Crippen molar-refractivity contribution in [3.8, 4) is 0 Å². The number of carboxylic acids is 4. The molecule has 0 saturated heterocycles. The third-order valence-corrected chi connectivity index (χ3v) is 0.462. The van der Waals surface area contributed by atoms with Gasteiger partial charge in [-0.2, -0.15) is 0 Å². The predicted molar refractivity (Wildman–Crippen MR) is 77.1 cm³/mol. The van der Waals surface area contributed by atoms with Crippen LogP contribution in [0.5, 0.6) is 0 Å². The maximum atomic E-state index is 9.00. The van der Waals surface area contributed by atoms with Crippen molar-refractivity contribution in [1.82, 2.24) is 0 Å². The Morgan fingerprint density at radius 2 is 0.909 bits per heavy atom. The highest BCUT2D eigenvalue weighted by Crippen LogP contribution is 1.72. The van der Waals surface area contributed by atoms with Gasteiger partial charge in [0.1, 0.15) is 6.23 Å². The lowest BCUT2D eigenvalue weighted by Gasteiger charge is -1.96. The van der Waals surface area contributed by atoms with Gasteiger partial charge in [0.2, 0.25) is 0 Å². The van der Waals surface area contributed by atoms with E-state index in [4.69, 9.17) is 56.2 Å². The van der Waals surface area contributed by atoms with Gasteiger partial charge in [-0.3, -0.25) is 19.2 Å². The molecule has 0 aliphatic rings. The molecule has 134 valence electrons. The van der Waals surface area contributed by atoms with Gasteiger partial charge in [0.25, 0.3) is 23.9 Å². The first-order valence-electron chi connectivity index (χ1n) is 5.62. The molecule has 11 nitrogen and oxygen atoms in total. The van der Waals surface area contributed by atoms with E-state index < -0.39 is 30.1 Å². The zero-order chi connectivity index (χ0) is 19.3. The van der Waals surface area contributed by atoms with Crippen LogP contribution >= 0.6 is 0 Å². The molecule has 0 aliphatic carbocycles. The first kappa shape index (κ1) is 31.9. The van der Waals surface area contributed by atoms with Gasteiger partial charge in [-0.15, -0.1) is 0 Å². The van der Waals surface area contributed by atoms with E-state index in [1.807, 2.05) is 0 Å². The maximum Gasteiger partial charge on any atom is 0.300 e. The molecule has 0 aromatic heterocycles. The Kier molecular flexibility index (Phi) is 39.4. The summed E-state index contributed by atoms with van der Waals surface area (Å²) in [4.78, 5) is 36.0. The second kappa shape index (κ2) is 27.2. The topological polar surface area (TPSA) is 221 Å². The number of aliphatic carboxylic acids is 4. The molecule has 1 atom stereocenters. The molecular weight excluding hydrogens is 304 g/mol. The molecule has 0 amide bonds. The molecule has 0 aliphatic heterocycles. The number of aliphatic hydroxyl groups is 1. The standard InChI is InChI=1S/C3H10N2O.4C2H4O2/c4-2-1-3(5)6;4*1-2(3)4/h3,6H,1-2,4-5H2;4*1H3,(H,3,4). The van der Waals surface area contributed by atoms with Crippen LogP contribution in [-0.2, 0) is 19.2 Å². The van der Waals surface area contributed by atoms with Gasteiger partial charge >= 0.3 is 0 Å². The quantitative estimate of drug-likeness (QED) is 0.303. The molecule has 11 heteroatoms. The van der Waals surface area contributed by atoms with E-state index in [2.05, 4.69) is 0 Å². The molecule has 0 saturated carbocycles. The van der Waals surface area contributed by atoms with Crippen molar-refractivity contribution >= 4 is 23.9 Å². The summed E-state index contributed by atoms with van der Waals surface area (Å²) in [6.45, 7) is 4.79. The van der Waals surface area contributed by atoms with E-state index in [9.17, 15) is 0 Å². The summed E-state index contributed by atoms with van der Waals surface area (Å²) >= 11 is 0. The van der Waals surface area contributed by atoms with E-state index in [0.29, 0.717) is 13.0 Å². The highest BCUT2D eigenvalue weighted by atomic mass is 16.4. The summed E-state index contributed by atoms with van der Waals surface area (Å²) in [5.74, 6) is -3.33. The summed E-state index contributed by atoms with van der Waals surface area (Å²) < 4.78 is 0. The van der Waals surface area contributed by atoms with E-state index in [1.165, 1.54) is 0 Å². The molecule has 0 spiro atoms. The normalized spacial score (nSPS) is 8.50. The van der Waals surface area contributed by atoms with Crippen LogP contribution in [0.3, 0.4) is 0 Å². The molecule has 0 rings (SSSR count). The van der Waals surface area contributed by atoms with E-state index >= 15 is 0 Å². The van der Waals surface area contributed by atoms with Crippen molar-refractivity contribution in [3.05, 3.63) is 0 Å². The summed E-state index contributed by atoms with van der Waals surface area (Å²) in [6.07, 6.45) is -0.241. The number of carbonyl (C=O) groups is 4. The Bertz CT molecular complexity index is 229. The van der Waals surface area contributed by atoms with Gasteiger partial charge in [0, 0.05) is 27.7 Å². The van der Waals surface area contributed by atoms with Gasteiger partial charge in [-0.1, -0.05) is 0 Å². The smallest absolute Gasteiger partial charge is 0.300 e. The Balaban J connectivity index is -0.0000000555. The zero-order valence-corrected chi connectivity index (χ0v) is 13.0. The van der Waals surface area contributed by atoms with Crippen molar-refractivity contribution in [1.29, 1.82) is 0 Å². The van der Waals surface area contributed by atoms with Gasteiger partial charge in [0.05, 0.1) is 0 Å². The van der Waals surface area contributed by atoms with E-state index in [1.54, 1.807) is 0 Å². The van der Waals surface area contributed by atoms with Gasteiger partial charge < -0.3 is 37.0 Å². The van der Waals surface area contributed by atoms with Crippen molar-refractivity contribution in [2.45, 2.75) is 40.3 Å². The van der Waals surface area contributed by atoms with Crippen molar-refractivity contribution < 1.29 is 44.7 Å². The predicted octanol–water partition coefficient (Wildman–Crippen LogP) is -1.02. The lowest BCUT2D eigenvalue weighted by Crippen LogP contribution is -2.22. The number of hydrogen-bond donors (Lipinski definition) is 7. The van der Waals surface area contributed by atoms with Gasteiger partial charge in [-0.05, 0) is 13.0 Å². The van der Waals surface area contributed by atoms with Crippen molar-refractivity contribution in [2.75, 3.05) is 6.54 Å². The average Bonchev–Trinajstić information content (AvgIpc) is 2.12. The lowest BCUT2D eigenvalue weighted by atomic mass is 10.4. The van der Waals surface area contributed by atoms with Crippen LogP contribution in [0.15, 0.2) is 0 Å². The first-order chi connectivity index (χ1) is 9.70. The zero-order valence-electron chi connectivity index (χ0n) is 13.0. The third-order valence-electron chi connectivity index (χ3n) is 0.462. The minimum absolute atomic E-state index is 0.456. The van der Waals surface area contributed by atoms with Crippen molar-refractivity contribution in [2.24, 2.45) is 11.5 Å². The molecule has 0 radical (unpaired) electrons. The fourth-order valence-corrected chi connectivity index (χ4v) is 0.171. The Labute approximate surface area is 128 Å². The van der Waals surface area contributed by atoms with Gasteiger partial charge in [-0.25, -0.2) is 0 Å². The number of nitrogens with two attached hydrogens (primary N) is 2. The Morgan fingerprint density at radius 3 is 0.909 bits per heavy atom. The lowest BCUT2D eigenvalue weighted by molar-refractivity contribution is -0.135. The number of rotatable bonds is 2. The largest absolute Gasteiger partial charge is 0.481 e. The molecule has 0 fully saturated rings. The van der Waals surface area contributed by atoms with Crippen molar-refractivity contribution in [3.63, 3.8) is 0 Å². The average molecular weight is 330 g/mol. The summed E-state index contributed by atoms with van der Waals surface area (Å²) in [5.41, 5.74) is 9.87. The number of aliphatic hydroxyl groups excluding tert-OH is 1. The summed E-state index contributed by atoms with van der Waals surface area (Å²) in [6, 6.07) is 0. The fourth-order valence-electron chi connectivity index (χ4n) is 0.171. The maximum absolute atomic E-state index is 9.00. The first-order valence-corrected chi connectivity index (χ1v) is 5.62. The Hall–Kier alpha value is -2.24. The molecule has 1 unspecified atom stereocenters. The molecule has 22 heavy (non-hydrogen) atoms. The highest BCUT2D eigenvalue weighted by molar-refractivity contribution is 5.63. The number of carboxylic acid groups (broad SMARTS) is 4. The van der Waals surface area contributed by atoms with Gasteiger partial charge in [0.15, 0.2) is 0 Å². The van der Waals surface area contributed by atoms with Crippen LogP contribution in [0.4, 0.5) is 0 Å². The minimum atomic E-state index is -0.833. The SMILES string of the molecule is CC(=O)O.CC(=O)O.CC(=O)O.CC(=O)O.NCCC(N)O. The van der Waals surface area contributed by atoms with Crippen LogP contribution in [0.2, 0.25) is 0 Å². The van der Waals surface area contributed by atoms with Crippen LogP contribution in [0.25, 0.3) is 0 Å². The molecule has 0 heterocycles. The van der Waals surface area contributed by atoms with Crippen LogP contribution in [-0.4, -0.2) is 62.2 Å². The summed E-state index contributed by atoms with van der Waals surface area (Å²) in [7, 11) is 0. The fraction of sp³-hybridized carbons (Fsp3) is 0.636. The molecule has 0 bridgehead atoms. The second-order valence-electron chi connectivity index (χ2n) is 3.22. The van der Waals surface area contributed by atoms with Crippen LogP contribution in [0, 0.1) is 0 Å². The number of hydrogen-bond acceptors (Lipinski definition) is 7. The van der Waals surface area contributed by atoms with Crippen LogP contribution < -0.4 is 11.5 Å². The molecule has 0 aromatic rings. The minimum Gasteiger partial charge on any atom is -0.481 e. The Morgan fingerprint density at radius 1 is 0.773 bits per heavy atom. The van der Waals surface area contributed by atoms with Crippen LogP contribution in [0.1, 0.15) is 34.1 Å². The monoisotopic (exact) mass is 330 g/mol. The summed E-state index contributed by atoms with van der Waals surface area (Å²) in [5, 5.41) is 37.9. The second-order valence-corrected chi connectivity index (χ2v) is 3.22. The van der Waals surface area contributed by atoms with E-state index in [-0.39, 0.29) is 0 Å². The third kappa shape index (κ3) is 8640. The molecular formula is C11H26N2O9. The highest BCUT2D eigenvalue weighted by Gasteiger charge is 1.87. The molecule has 0 aromatic carbocycles. The van der Waals surface area contributed by atoms with E-state index in [0.717, 1.165) is 27.7 Å².